The van der Waals surface area contributed by atoms with Crippen molar-refractivity contribution in [3.8, 4) is 0 Å². The van der Waals surface area contributed by atoms with Gasteiger partial charge in [-0.05, 0) is 33.1 Å². The Morgan fingerprint density at radius 2 is 1.89 bits per heavy atom. The topological polar surface area (TPSA) is 41.7 Å². The van der Waals surface area contributed by atoms with E-state index in [1.165, 1.54) is 32.4 Å². The van der Waals surface area contributed by atoms with Crippen LogP contribution in [-0.4, -0.2) is 66.3 Å². The quantitative estimate of drug-likeness (QED) is 0.802. The van der Waals surface area contributed by atoms with Gasteiger partial charge < -0.3 is 10.5 Å². The summed E-state index contributed by atoms with van der Waals surface area (Å²) < 4.78 is 5.86. The fourth-order valence-electron chi connectivity index (χ4n) is 3.76. The van der Waals surface area contributed by atoms with Crippen molar-refractivity contribution in [1.82, 2.24) is 9.80 Å². The van der Waals surface area contributed by atoms with Crippen molar-refractivity contribution < 1.29 is 4.74 Å². The number of hydrogen-bond donors (Lipinski definition) is 1. The van der Waals surface area contributed by atoms with Gasteiger partial charge >= 0.3 is 0 Å². The van der Waals surface area contributed by atoms with E-state index < -0.39 is 0 Å². The van der Waals surface area contributed by atoms with E-state index >= 15 is 0 Å². The molecule has 3 rings (SSSR count). The lowest BCUT2D eigenvalue weighted by molar-refractivity contribution is -0.0986. The third kappa shape index (κ3) is 2.31. The van der Waals surface area contributed by atoms with Crippen LogP contribution < -0.4 is 5.73 Å². The second-order valence-corrected chi connectivity index (χ2v) is 6.54. The number of ether oxygens (including phenoxy) is 1. The Bertz CT molecular complexity index is 297. The van der Waals surface area contributed by atoms with Gasteiger partial charge in [-0.3, -0.25) is 9.80 Å². The van der Waals surface area contributed by atoms with Crippen LogP contribution in [0.5, 0.6) is 0 Å². The van der Waals surface area contributed by atoms with Crippen LogP contribution in [0.4, 0.5) is 0 Å². The molecule has 0 bridgehead atoms. The van der Waals surface area contributed by atoms with Gasteiger partial charge in [-0.25, -0.2) is 0 Å². The highest BCUT2D eigenvalue weighted by Crippen LogP contribution is 2.36. The van der Waals surface area contributed by atoms with Crippen LogP contribution in [0, 0.1) is 0 Å². The molecule has 2 heterocycles. The largest absolute Gasteiger partial charge is 0.373 e. The van der Waals surface area contributed by atoms with Gasteiger partial charge in [0.05, 0.1) is 12.2 Å². The van der Waals surface area contributed by atoms with Crippen LogP contribution >= 0.6 is 0 Å². The summed E-state index contributed by atoms with van der Waals surface area (Å²) in [4.78, 5) is 5.28. The first-order valence-corrected chi connectivity index (χ1v) is 7.47. The Kier molecular flexibility index (Phi) is 3.39. The molecule has 1 aliphatic carbocycles. The molecule has 18 heavy (non-hydrogen) atoms. The first-order chi connectivity index (χ1) is 8.63. The molecule has 0 radical (unpaired) electrons. The number of rotatable bonds is 3. The van der Waals surface area contributed by atoms with Crippen molar-refractivity contribution in [2.45, 2.75) is 56.9 Å². The van der Waals surface area contributed by atoms with E-state index in [9.17, 15) is 0 Å². The zero-order valence-electron chi connectivity index (χ0n) is 11.8. The van der Waals surface area contributed by atoms with Crippen LogP contribution in [0.3, 0.4) is 0 Å². The van der Waals surface area contributed by atoms with Gasteiger partial charge in [0.1, 0.15) is 0 Å². The minimum Gasteiger partial charge on any atom is -0.373 e. The summed E-state index contributed by atoms with van der Waals surface area (Å²) in [6.07, 6.45) is 4.71. The fourth-order valence-corrected chi connectivity index (χ4v) is 3.76. The van der Waals surface area contributed by atoms with Gasteiger partial charge in [0.25, 0.3) is 0 Å². The third-order valence-corrected chi connectivity index (χ3v) is 4.90. The Morgan fingerprint density at radius 3 is 2.44 bits per heavy atom. The van der Waals surface area contributed by atoms with E-state index in [1.54, 1.807) is 0 Å². The van der Waals surface area contributed by atoms with Gasteiger partial charge in [0.2, 0.25) is 0 Å². The summed E-state index contributed by atoms with van der Waals surface area (Å²) in [6, 6.07) is 0.870. The maximum absolute atomic E-state index is 6.16. The highest BCUT2D eigenvalue weighted by molar-refractivity contribution is 5.04. The van der Waals surface area contributed by atoms with E-state index in [4.69, 9.17) is 10.5 Å². The molecule has 0 aromatic carbocycles. The van der Waals surface area contributed by atoms with Gasteiger partial charge in [0, 0.05) is 44.3 Å². The molecule has 104 valence electrons. The number of hydrogen-bond acceptors (Lipinski definition) is 4. The molecule has 3 aliphatic rings. The van der Waals surface area contributed by atoms with E-state index in [0.29, 0.717) is 12.2 Å². The van der Waals surface area contributed by atoms with E-state index in [2.05, 4.69) is 23.6 Å². The minimum atomic E-state index is 0.217. The predicted molar refractivity (Wildman–Crippen MR) is 72.6 cm³/mol. The standard InChI is InChI=1S/C14H27N3O/c1-11-7-17(8-12(2)18-11)14(9-15)5-6-16(10-14)13-3-4-13/h11-13H,3-10,15H2,1-2H3/t11-,12+,14?. The molecule has 2 N–H and O–H groups in total. The molecule has 1 saturated carbocycles. The monoisotopic (exact) mass is 253 g/mol. The van der Waals surface area contributed by atoms with Gasteiger partial charge in [-0.2, -0.15) is 0 Å². The number of morpholine rings is 1. The van der Waals surface area contributed by atoms with Crippen LogP contribution in [0.2, 0.25) is 0 Å². The Balaban J connectivity index is 1.70. The summed E-state index contributed by atoms with van der Waals surface area (Å²) in [5.41, 5.74) is 6.38. The second-order valence-electron chi connectivity index (χ2n) is 6.54. The molecule has 4 nitrogen and oxygen atoms in total. The number of likely N-dealkylation sites (tertiary alicyclic amines) is 1. The first kappa shape index (κ1) is 12.9. The Morgan fingerprint density at radius 1 is 1.22 bits per heavy atom. The molecule has 0 spiro atoms. The Labute approximate surface area is 110 Å². The predicted octanol–water partition coefficient (Wildman–Crippen LogP) is 0.661. The van der Waals surface area contributed by atoms with Gasteiger partial charge in [-0.15, -0.1) is 0 Å². The van der Waals surface area contributed by atoms with E-state index in [1.807, 2.05) is 0 Å². The molecule has 0 aromatic heterocycles. The average molecular weight is 253 g/mol. The van der Waals surface area contributed by atoms with Crippen molar-refractivity contribution in [3.05, 3.63) is 0 Å². The smallest absolute Gasteiger partial charge is 0.0678 e. The summed E-state index contributed by atoms with van der Waals surface area (Å²) in [5.74, 6) is 0. The molecular formula is C14H27N3O. The van der Waals surface area contributed by atoms with Crippen LogP contribution in [-0.2, 0) is 4.74 Å². The molecule has 2 saturated heterocycles. The molecule has 4 heteroatoms. The minimum absolute atomic E-state index is 0.217. The molecular weight excluding hydrogens is 226 g/mol. The van der Waals surface area contributed by atoms with Crippen molar-refractivity contribution in [1.29, 1.82) is 0 Å². The first-order valence-electron chi connectivity index (χ1n) is 7.47. The highest BCUT2D eigenvalue weighted by Gasteiger charge is 2.47. The van der Waals surface area contributed by atoms with Gasteiger partial charge in [-0.1, -0.05) is 0 Å². The molecule has 3 fully saturated rings. The van der Waals surface area contributed by atoms with Crippen molar-refractivity contribution in [3.63, 3.8) is 0 Å². The average Bonchev–Trinajstić information content (AvgIpc) is 3.08. The summed E-state index contributed by atoms with van der Waals surface area (Å²) >= 11 is 0. The number of nitrogens with zero attached hydrogens (tertiary/aromatic N) is 2. The molecule has 0 amide bonds. The Hall–Kier alpha value is -0.160. The number of nitrogens with two attached hydrogens (primary N) is 1. The lowest BCUT2D eigenvalue weighted by Crippen LogP contribution is -2.61. The molecule has 2 aliphatic heterocycles. The lowest BCUT2D eigenvalue weighted by atomic mass is 9.94. The molecule has 3 atom stereocenters. The SMILES string of the molecule is C[C@@H]1CN(C2(CN)CCN(C3CC3)C2)C[C@H](C)O1. The van der Waals surface area contributed by atoms with E-state index in [-0.39, 0.29) is 5.54 Å². The summed E-state index contributed by atoms with van der Waals surface area (Å²) in [7, 11) is 0. The third-order valence-electron chi connectivity index (χ3n) is 4.90. The fraction of sp³-hybridized carbons (Fsp3) is 1.00. The van der Waals surface area contributed by atoms with Crippen LogP contribution in [0.1, 0.15) is 33.1 Å². The van der Waals surface area contributed by atoms with Crippen LogP contribution in [0.15, 0.2) is 0 Å². The molecule has 1 unspecified atom stereocenters. The summed E-state index contributed by atoms with van der Waals surface area (Å²) in [5, 5.41) is 0. The summed E-state index contributed by atoms with van der Waals surface area (Å²) in [6.45, 7) is 9.65. The van der Waals surface area contributed by atoms with Gasteiger partial charge in [0.15, 0.2) is 0 Å². The maximum Gasteiger partial charge on any atom is 0.0678 e. The maximum atomic E-state index is 6.16. The zero-order valence-corrected chi connectivity index (χ0v) is 11.8. The van der Waals surface area contributed by atoms with Crippen molar-refractivity contribution in [2.75, 3.05) is 32.7 Å². The van der Waals surface area contributed by atoms with Crippen molar-refractivity contribution in [2.24, 2.45) is 5.73 Å². The normalized spacial score (nSPS) is 43.5. The van der Waals surface area contributed by atoms with Crippen LogP contribution in [0.25, 0.3) is 0 Å². The zero-order chi connectivity index (χ0) is 12.8. The lowest BCUT2D eigenvalue weighted by Gasteiger charge is -2.46. The molecule has 0 aromatic rings. The van der Waals surface area contributed by atoms with Crippen molar-refractivity contribution >= 4 is 0 Å². The second kappa shape index (κ2) is 4.75. The van der Waals surface area contributed by atoms with E-state index in [0.717, 1.165) is 25.7 Å². The highest BCUT2D eigenvalue weighted by atomic mass is 16.5.